The predicted octanol–water partition coefficient (Wildman–Crippen LogP) is 3.48. The molecule has 0 heterocycles. The van der Waals surface area contributed by atoms with Gasteiger partial charge in [0.1, 0.15) is 0 Å². The fourth-order valence-corrected chi connectivity index (χ4v) is 0.714. The van der Waals surface area contributed by atoms with Crippen LogP contribution in [-0.2, 0) is 0 Å². The monoisotopic (exact) mass is 176 g/mol. The average Bonchev–Trinajstić information content (AvgIpc) is 1.97. The van der Waals surface area contributed by atoms with Crippen LogP contribution >= 0.6 is 0 Å². The lowest BCUT2D eigenvalue weighted by Gasteiger charge is -2.15. The molecule has 0 aliphatic rings. The summed E-state index contributed by atoms with van der Waals surface area (Å²) >= 11 is 0. The van der Waals surface area contributed by atoms with Gasteiger partial charge in [-0.15, -0.1) is 0 Å². The third-order valence-corrected chi connectivity index (χ3v) is 1.54. The van der Waals surface area contributed by atoms with E-state index in [9.17, 15) is 13.2 Å². The van der Waals surface area contributed by atoms with Crippen molar-refractivity contribution in [1.29, 1.82) is 0 Å². The second-order valence-corrected chi connectivity index (χ2v) is 2.37. The van der Waals surface area contributed by atoms with Crippen LogP contribution in [0.15, 0.2) is 37.0 Å². The third-order valence-electron chi connectivity index (χ3n) is 1.54. The lowest BCUT2D eigenvalue weighted by atomic mass is 10.0. The zero-order chi connectivity index (χ0) is 9.78. The Morgan fingerprint density at radius 3 is 2.08 bits per heavy atom. The molecule has 0 N–H and O–H groups in total. The van der Waals surface area contributed by atoms with E-state index in [2.05, 4.69) is 13.2 Å². The molecule has 0 radical (unpaired) electrons. The van der Waals surface area contributed by atoms with Crippen molar-refractivity contribution in [3.05, 3.63) is 37.0 Å². The average molecular weight is 176 g/mol. The number of alkyl halides is 3. The molecule has 68 valence electrons. The summed E-state index contributed by atoms with van der Waals surface area (Å²) in [6.07, 6.45) is -0.382. The van der Waals surface area contributed by atoms with Crippen molar-refractivity contribution in [2.24, 2.45) is 5.92 Å². The molecule has 0 unspecified atom stereocenters. The summed E-state index contributed by atoms with van der Waals surface area (Å²) in [6, 6.07) is 0. The first kappa shape index (κ1) is 11.0. The summed E-state index contributed by atoms with van der Waals surface area (Å²) < 4.78 is 36.3. The molecule has 0 aliphatic carbocycles. The predicted molar refractivity (Wildman–Crippen MR) is 43.7 cm³/mol. The summed E-state index contributed by atoms with van der Waals surface area (Å²) in [6.45, 7) is 7.71. The second kappa shape index (κ2) is 4.14. The van der Waals surface area contributed by atoms with Crippen LogP contribution in [0, 0.1) is 5.92 Å². The Morgan fingerprint density at radius 1 is 1.33 bits per heavy atom. The molecule has 0 spiro atoms. The third kappa shape index (κ3) is 2.95. The first-order valence-electron chi connectivity index (χ1n) is 3.45. The SMILES string of the molecule is C=C/C=C(\C=C)[C@H](C)C(F)(F)F. The van der Waals surface area contributed by atoms with Gasteiger partial charge in [0.15, 0.2) is 0 Å². The molecule has 0 amide bonds. The van der Waals surface area contributed by atoms with E-state index in [1.165, 1.54) is 18.2 Å². The van der Waals surface area contributed by atoms with Gasteiger partial charge in [-0.05, 0) is 12.5 Å². The summed E-state index contributed by atoms with van der Waals surface area (Å²) in [5.41, 5.74) is 0.137. The van der Waals surface area contributed by atoms with Crippen LogP contribution < -0.4 is 0 Å². The van der Waals surface area contributed by atoms with E-state index in [4.69, 9.17) is 0 Å². The van der Waals surface area contributed by atoms with Gasteiger partial charge in [-0.25, -0.2) is 0 Å². The van der Waals surface area contributed by atoms with Gasteiger partial charge in [-0.3, -0.25) is 0 Å². The van der Waals surface area contributed by atoms with Gasteiger partial charge in [-0.1, -0.05) is 31.4 Å². The topological polar surface area (TPSA) is 0 Å². The summed E-state index contributed by atoms with van der Waals surface area (Å²) in [5, 5.41) is 0. The standard InChI is InChI=1S/C9H11F3/c1-4-6-8(5-2)7(3)9(10,11)12/h4-7H,1-2H2,3H3/b8-6+/t7-/m0/s1. The van der Waals surface area contributed by atoms with Crippen molar-refractivity contribution in [3.8, 4) is 0 Å². The second-order valence-electron chi connectivity index (χ2n) is 2.37. The molecule has 0 aromatic rings. The molecule has 12 heavy (non-hydrogen) atoms. The van der Waals surface area contributed by atoms with Crippen molar-refractivity contribution in [2.45, 2.75) is 13.1 Å². The molecule has 0 rings (SSSR count). The number of hydrogen-bond donors (Lipinski definition) is 0. The fourth-order valence-electron chi connectivity index (χ4n) is 0.714. The Kier molecular flexibility index (Phi) is 3.80. The molecule has 0 saturated heterocycles. The van der Waals surface area contributed by atoms with Crippen LogP contribution in [0.2, 0.25) is 0 Å². The Balaban J connectivity index is 4.64. The molecule has 0 aliphatic heterocycles. The van der Waals surface area contributed by atoms with Crippen LogP contribution in [0.5, 0.6) is 0 Å². The van der Waals surface area contributed by atoms with Crippen molar-refractivity contribution >= 4 is 0 Å². The van der Waals surface area contributed by atoms with Crippen LogP contribution in [0.1, 0.15) is 6.92 Å². The van der Waals surface area contributed by atoms with Gasteiger partial charge < -0.3 is 0 Å². The maximum Gasteiger partial charge on any atom is 0.395 e. The van der Waals surface area contributed by atoms with Gasteiger partial charge in [-0.2, -0.15) is 13.2 Å². The normalized spacial score (nSPS) is 15.5. The van der Waals surface area contributed by atoms with E-state index in [-0.39, 0.29) is 5.57 Å². The van der Waals surface area contributed by atoms with Crippen LogP contribution in [0.25, 0.3) is 0 Å². The van der Waals surface area contributed by atoms with E-state index in [1.54, 1.807) is 0 Å². The molecule has 0 aromatic carbocycles. The van der Waals surface area contributed by atoms with Crippen LogP contribution in [0.3, 0.4) is 0 Å². The molecule has 0 nitrogen and oxygen atoms in total. The maximum absolute atomic E-state index is 12.1. The maximum atomic E-state index is 12.1. The van der Waals surface area contributed by atoms with Gasteiger partial charge in [0.05, 0.1) is 5.92 Å². The van der Waals surface area contributed by atoms with Gasteiger partial charge in [0, 0.05) is 0 Å². The van der Waals surface area contributed by atoms with E-state index < -0.39 is 12.1 Å². The summed E-state index contributed by atoms with van der Waals surface area (Å²) in [7, 11) is 0. The molecule has 0 bridgehead atoms. The first-order chi connectivity index (χ1) is 5.43. The minimum Gasteiger partial charge on any atom is -0.170 e. The molecule has 0 saturated carbocycles. The quantitative estimate of drug-likeness (QED) is 0.577. The Bertz CT molecular complexity index is 198. The molecule has 1 atom stereocenters. The number of allylic oxidation sites excluding steroid dienone is 4. The van der Waals surface area contributed by atoms with Gasteiger partial charge in [0.25, 0.3) is 0 Å². The number of halogens is 3. The van der Waals surface area contributed by atoms with E-state index >= 15 is 0 Å². The van der Waals surface area contributed by atoms with E-state index in [0.717, 1.165) is 6.92 Å². The highest BCUT2D eigenvalue weighted by atomic mass is 19.4. The fraction of sp³-hybridized carbons (Fsp3) is 0.333. The van der Waals surface area contributed by atoms with Crippen LogP contribution in [-0.4, -0.2) is 6.18 Å². The Morgan fingerprint density at radius 2 is 1.83 bits per heavy atom. The molecule has 0 fully saturated rings. The summed E-state index contributed by atoms with van der Waals surface area (Å²) in [5.74, 6) is -1.48. The van der Waals surface area contributed by atoms with Crippen molar-refractivity contribution in [1.82, 2.24) is 0 Å². The smallest absolute Gasteiger partial charge is 0.170 e. The van der Waals surface area contributed by atoms with Crippen LogP contribution in [0.4, 0.5) is 13.2 Å². The van der Waals surface area contributed by atoms with Gasteiger partial charge >= 0.3 is 6.18 Å². The van der Waals surface area contributed by atoms with Crippen molar-refractivity contribution < 1.29 is 13.2 Å². The summed E-state index contributed by atoms with van der Waals surface area (Å²) in [4.78, 5) is 0. The lowest BCUT2D eigenvalue weighted by Crippen LogP contribution is -2.20. The van der Waals surface area contributed by atoms with Gasteiger partial charge in [0.2, 0.25) is 0 Å². The number of rotatable bonds is 3. The minimum absolute atomic E-state index is 0.137. The lowest BCUT2D eigenvalue weighted by molar-refractivity contribution is -0.158. The van der Waals surface area contributed by atoms with Crippen molar-refractivity contribution in [2.75, 3.05) is 0 Å². The highest BCUT2D eigenvalue weighted by Crippen LogP contribution is 2.31. The zero-order valence-electron chi connectivity index (χ0n) is 6.86. The van der Waals surface area contributed by atoms with E-state index in [0.29, 0.717) is 0 Å². The highest BCUT2D eigenvalue weighted by molar-refractivity contribution is 5.24. The molecular weight excluding hydrogens is 165 g/mol. The Labute approximate surface area is 70.1 Å². The first-order valence-corrected chi connectivity index (χ1v) is 3.45. The van der Waals surface area contributed by atoms with Crippen molar-refractivity contribution in [3.63, 3.8) is 0 Å². The zero-order valence-corrected chi connectivity index (χ0v) is 6.86. The molecule has 0 aromatic heterocycles. The Hall–Kier alpha value is -0.990. The largest absolute Gasteiger partial charge is 0.395 e. The molecular formula is C9H11F3. The highest BCUT2D eigenvalue weighted by Gasteiger charge is 2.37. The number of hydrogen-bond acceptors (Lipinski definition) is 0. The minimum atomic E-state index is -4.21. The molecule has 3 heteroatoms. The van der Waals surface area contributed by atoms with E-state index in [1.807, 2.05) is 0 Å².